The van der Waals surface area contributed by atoms with Crippen LogP contribution in [-0.2, 0) is 19.2 Å². The summed E-state index contributed by atoms with van der Waals surface area (Å²) in [5.74, 6) is -0.267. The molecule has 3 aliphatic rings. The van der Waals surface area contributed by atoms with Crippen molar-refractivity contribution in [2.45, 2.75) is 56.9 Å². The van der Waals surface area contributed by atoms with E-state index in [0.717, 1.165) is 24.8 Å². The van der Waals surface area contributed by atoms with Crippen LogP contribution in [0.2, 0.25) is 0 Å². The molecule has 152 valence electrons. The minimum absolute atomic E-state index is 0.0286. The quantitative estimate of drug-likeness (QED) is 0.755. The van der Waals surface area contributed by atoms with Crippen molar-refractivity contribution >= 4 is 11.9 Å². The molecule has 3 fully saturated rings. The van der Waals surface area contributed by atoms with E-state index in [9.17, 15) is 9.59 Å². The Balaban J connectivity index is 1.34. The first kappa shape index (κ1) is 19.2. The number of hydrogen-bond acceptors (Lipinski definition) is 5. The van der Waals surface area contributed by atoms with E-state index >= 15 is 0 Å². The normalized spacial score (nSPS) is 26.4. The van der Waals surface area contributed by atoms with Gasteiger partial charge in [-0.3, -0.25) is 14.5 Å². The van der Waals surface area contributed by atoms with Crippen molar-refractivity contribution in [3.8, 4) is 0 Å². The Hall–Kier alpha value is -2.16. The van der Waals surface area contributed by atoms with Crippen LogP contribution in [0.4, 0.5) is 4.79 Å². The number of nitrogens with one attached hydrogen (secondary N) is 1. The van der Waals surface area contributed by atoms with E-state index in [1.54, 1.807) is 4.90 Å². The molecule has 3 heterocycles. The van der Waals surface area contributed by atoms with Crippen LogP contribution in [0.3, 0.4) is 0 Å². The largest absolute Gasteiger partial charge is 0.381 e. The van der Waals surface area contributed by atoms with Crippen molar-refractivity contribution in [1.29, 1.82) is 0 Å². The Morgan fingerprint density at radius 2 is 1.93 bits per heavy atom. The lowest BCUT2D eigenvalue weighted by atomic mass is 10.0. The van der Waals surface area contributed by atoms with E-state index < -0.39 is 6.04 Å². The summed E-state index contributed by atoms with van der Waals surface area (Å²) in [6, 6.07) is 8.98. The van der Waals surface area contributed by atoms with Crippen LogP contribution in [0.1, 0.15) is 44.3 Å². The fourth-order valence-corrected chi connectivity index (χ4v) is 4.00. The molecule has 4 rings (SSSR count). The summed E-state index contributed by atoms with van der Waals surface area (Å²) in [6.45, 7) is 3.70. The van der Waals surface area contributed by atoms with Crippen LogP contribution >= 0.6 is 0 Å². The van der Waals surface area contributed by atoms with E-state index in [-0.39, 0.29) is 30.2 Å². The van der Waals surface area contributed by atoms with E-state index in [2.05, 4.69) is 5.48 Å². The summed E-state index contributed by atoms with van der Waals surface area (Å²) < 4.78 is 5.29. The number of amides is 3. The van der Waals surface area contributed by atoms with Crippen LogP contribution < -0.4 is 5.48 Å². The number of urea groups is 1. The van der Waals surface area contributed by atoms with Gasteiger partial charge in [-0.1, -0.05) is 30.3 Å². The predicted molar refractivity (Wildman–Crippen MR) is 99.8 cm³/mol. The molecule has 3 aliphatic heterocycles. The lowest BCUT2D eigenvalue weighted by Gasteiger charge is -2.30. The molecule has 0 aliphatic carbocycles. The van der Waals surface area contributed by atoms with Gasteiger partial charge in [-0.25, -0.2) is 10.3 Å². The lowest BCUT2D eigenvalue weighted by molar-refractivity contribution is -0.168. The zero-order valence-electron chi connectivity index (χ0n) is 16.1. The molecule has 3 saturated heterocycles. The van der Waals surface area contributed by atoms with Crippen molar-refractivity contribution in [1.82, 2.24) is 15.4 Å². The monoisotopic (exact) mass is 389 g/mol. The number of carbonyl (C=O) groups excluding carboxylic acids is 2. The second-order valence-corrected chi connectivity index (χ2v) is 7.56. The number of ether oxygens (including phenoxy) is 1. The number of benzene rings is 1. The highest BCUT2D eigenvalue weighted by atomic mass is 16.7. The predicted octanol–water partition coefficient (Wildman–Crippen LogP) is 2.17. The first-order chi connectivity index (χ1) is 13.6. The number of nitrogens with zero attached hydrogens (tertiary/aromatic N) is 2. The smallest absolute Gasteiger partial charge is 0.345 e. The Bertz CT molecular complexity index is 694. The van der Waals surface area contributed by atoms with Gasteiger partial charge in [-0.05, 0) is 38.2 Å². The average molecular weight is 389 g/mol. The maximum absolute atomic E-state index is 12.9. The Morgan fingerprint density at radius 3 is 2.68 bits per heavy atom. The fraction of sp³-hybridized carbons (Fsp3) is 0.600. The topological polar surface area (TPSA) is 80.3 Å². The molecule has 0 radical (unpaired) electrons. The molecule has 0 aromatic heterocycles. The van der Waals surface area contributed by atoms with Crippen molar-refractivity contribution in [3.05, 3.63) is 35.9 Å². The van der Waals surface area contributed by atoms with E-state index in [4.69, 9.17) is 14.4 Å². The number of rotatable bonds is 6. The van der Waals surface area contributed by atoms with Gasteiger partial charge in [-0.2, -0.15) is 5.06 Å². The third-order valence-corrected chi connectivity index (χ3v) is 5.66. The molecular formula is C20H27N3O5. The molecule has 8 heteroatoms. The van der Waals surface area contributed by atoms with Gasteiger partial charge < -0.3 is 9.64 Å². The van der Waals surface area contributed by atoms with Crippen molar-refractivity contribution in [2.24, 2.45) is 0 Å². The first-order valence-electron chi connectivity index (χ1n) is 9.98. The minimum atomic E-state index is -0.524. The molecule has 8 nitrogen and oxygen atoms in total. The van der Waals surface area contributed by atoms with Crippen LogP contribution in [0.25, 0.3) is 0 Å². The van der Waals surface area contributed by atoms with Crippen molar-refractivity contribution < 1.29 is 24.0 Å². The second kappa shape index (κ2) is 8.46. The molecule has 28 heavy (non-hydrogen) atoms. The zero-order chi connectivity index (χ0) is 19.5. The fourth-order valence-electron chi connectivity index (χ4n) is 4.00. The Kier molecular flexibility index (Phi) is 5.79. The van der Waals surface area contributed by atoms with Crippen molar-refractivity contribution in [3.63, 3.8) is 0 Å². The van der Waals surface area contributed by atoms with Crippen LogP contribution in [0.5, 0.6) is 0 Å². The van der Waals surface area contributed by atoms with Crippen molar-refractivity contribution in [2.75, 3.05) is 19.8 Å². The number of hydrogen-bond donors (Lipinski definition) is 1. The highest BCUT2D eigenvalue weighted by Gasteiger charge is 2.48. The highest BCUT2D eigenvalue weighted by molar-refractivity contribution is 5.88. The lowest BCUT2D eigenvalue weighted by Crippen LogP contribution is -2.50. The van der Waals surface area contributed by atoms with Gasteiger partial charge in [0, 0.05) is 19.8 Å². The zero-order valence-corrected chi connectivity index (χ0v) is 16.1. The van der Waals surface area contributed by atoms with Crippen LogP contribution in [-0.4, -0.2) is 59.8 Å². The average Bonchev–Trinajstić information content (AvgIpc) is 2.98. The molecule has 2 bridgehead atoms. The maximum atomic E-state index is 12.9. The molecule has 3 amide bonds. The van der Waals surface area contributed by atoms with Crippen LogP contribution in [0, 0.1) is 0 Å². The van der Waals surface area contributed by atoms with Gasteiger partial charge in [0.05, 0.1) is 12.1 Å². The highest BCUT2D eigenvalue weighted by Crippen LogP contribution is 2.32. The summed E-state index contributed by atoms with van der Waals surface area (Å²) in [6.07, 6.45) is 2.56. The van der Waals surface area contributed by atoms with Gasteiger partial charge in [0.2, 0.25) is 0 Å². The summed E-state index contributed by atoms with van der Waals surface area (Å²) >= 11 is 0. The molecule has 0 unspecified atom stereocenters. The second-order valence-electron chi connectivity index (χ2n) is 7.56. The van der Waals surface area contributed by atoms with E-state index in [0.29, 0.717) is 26.2 Å². The molecule has 0 spiro atoms. The van der Waals surface area contributed by atoms with Gasteiger partial charge in [0.1, 0.15) is 12.1 Å². The summed E-state index contributed by atoms with van der Waals surface area (Å²) in [4.78, 5) is 38.6. The number of fused-ring (bicyclic) bond motifs is 2. The van der Waals surface area contributed by atoms with E-state index in [1.165, 1.54) is 5.06 Å². The molecular weight excluding hydrogens is 362 g/mol. The van der Waals surface area contributed by atoms with Crippen LogP contribution in [0.15, 0.2) is 30.3 Å². The molecule has 1 aromatic rings. The maximum Gasteiger partial charge on any atom is 0.345 e. The van der Waals surface area contributed by atoms with Gasteiger partial charge >= 0.3 is 6.03 Å². The van der Waals surface area contributed by atoms with E-state index in [1.807, 2.05) is 37.3 Å². The first-order valence-corrected chi connectivity index (χ1v) is 9.98. The van der Waals surface area contributed by atoms with Gasteiger partial charge in [-0.15, -0.1) is 0 Å². The molecule has 1 N–H and O–H groups in total. The third-order valence-electron chi connectivity index (χ3n) is 5.66. The van der Waals surface area contributed by atoms with Gasteiger partial charge in [0.15, 0.2) is 0 Å². The number of piperidine rings is 1. The molecule has 3 atom stereocenters. The number of hydroxylamine groups is 3. The number of carbonyl (C=O) groups is 2. The Morgan fingerprint density at radius 1 is 1.18 bits per heavy atom. The third kappa shape index (κ3) is 3.99. The summed E-state index contributed by atoms with van der Waals surface area (Å²) in [5.41, 5.74) is 3.56. The minimum Gasteiger partial charge on any atom is -0.381 e. The Labute approximate surface area is 164 Å². The molecule has 0 saturated carbocycles. The SMILES string of the molecule is C[C@@H](ON1C(=O)N2C[C@H]1CC[C@H]2C(=O)NOC1CCOCC1)c1ccccc1. The summed E-state index contributed by atoms with van der Waals surface area (Å²) in [7, 11) is 0. The standard InChI is InChI=1S/C20H27N3O5/c1-14(15-5-3-2-4-6-15)28-23-16-7-8-18(22(13-16)20(23)25)19(24)21-27-17-9-11-26-12-10-17/h2-6,14,16-18H,7-13H2,1H3,(H,21,24)/t14-,16-,18+/m1/s1. The van der Waals surface area contributed by atoms with Gasteiger partial charge in [0.25, 0.3) is 5.91 Å². The molecule has 1 aromatic carbocycles. The summed E-state index contributed by atoms with van der Waals surface area (Å²) in [5, 5.41) is 1.45.